The van der Waals surface area contributed by atoms with Crippen molar-refractivity contribution < 1.29 is 8.42 Å². The number of hydrogen-bond donors (Lipinski definition) is 0. The Morgan fingerprint density at radius 1 is 1.00 bits per heavy atom. The summed E-state index contributed by atoms with van der Waals surface area (Å²) in [5.41, 5.74) is 2.92. The van der Waals surface area contributed by atoms with Crippen LogP contribution in [0.4, 0.5) is 5.95 Å². The van der Waals surface area contributed by atoms with Crippen LogP contribution in [-0.4, -0.2) is 36.7 Å². The van der Waals surface area contributed by atoms with Crippen LogP contribution in [-0.2, 0) is 9.84 Å². The normalized spacial score (nSPS) is 15.7. The van der Waals surface area contributed by atoms with E-state index >= 15 is 0 Å². The first-order valence-corrected chi connectivity index (χ1v) is 11.8. The molecule has 0 atom stereocenters. The number of aryl methyl sites for hydroxylation is 2. The number of hydrogen-bond acceptors (Lipinski definition) is 6. The van der Waals surface area contributed by atoms with Crippen molar-refractivity contribution in [2.24, 2.45) is 0 Å². The fourth-order valence-corrected chi connectivity index (χ4v) is 6.12. The van der Waals surface area contributed by atoms with Crippen LogP contribution in [0.5, 0.6) is 0 Å². The van der Waals surface area contributed by atoms with Gasteiger partial charge in [-0.2, -0.15) is 0 Å². The van der Waals surface area contributed by atoms with Gasteiger partial charge >= 0.3 is 0 Å². The number of piperidine rings is 1. The van der Waals surface area contributed by atoms with Gasteiger partial charge in [0.05, 0.1) is 10.1 Å². The predicted octanol–water partition coefficient (Wildman–Crippen LogP) is 4.26. The fourth-order valence-electron chi connectivity index (χ4n) is 3.66. The third kappa shape index (κ3) is 3.82. The van der Waals surface area contributed by atoms with Gasteiger partial charge < -0.3 is 4.90 Å². The van der Waals surface area contributed by atoms with Crippen LogP contribution < -0.4 is 4.90 Å². The highest BCUT2D eigenvalue weighted by Crippen LogP contribution is 2.29. The first-order chi connectivity index (χ1) is 13.4. The van der Waals surface area contributed by atoms with Gasteiger partial charge in [-0.1, -0.05) is 18.2 Å². The van der Waals surface area contributed by atoms with Gasteiger partial charge in [0, 0.05) is 29.4 Å². The lowest BCUT2D eigenvalue weighted by Gasteiger charge is -2.32. The summed E-state index contributed by atoms with van der Waals surface area (Å²) in [4.78, 5) is 12.7. The Balaban J connectivity index is 1.47. The van der Waals surface area contributed by atoms with Gasteiger partial charge in [-0.3, -0.25) is 0 Å². The van der Waals surface area contributed by atoms with Crippen LogP contribution in [0.15, 0.2) is 52.7 Å². The van der Waals surface area contributed by atoms with Crippen LogP contribution in [0.3, 0.4) is 0 Å². The molecule has 1 fully saturated rings. The number of anilines is 1. The quantitative estimate of drug-likeness (QED) is 0.639. The van der Waals surface area contributed by atoms with Crippen molar-refractivity contribution >= 4 is 27.1 Å². The smallest absolute Gasteiger partial charge is 0.225 e. The number of thiophene rings is 1. The minimum atomic E-state index is -3.33. The molecule has 146 valence electrons. The number of nitrogens with zero attached hydrogens (tertiary/aromatic N) is 3. The molecule has 0 N–H and O–H groups in total. The molecule has 0 amide bonds. The van der Waals surface area contributed by atoms with E-state index in [9.17, 15) is 8.42 Å². The van der Waals surface area contributed by atoms with Gasteiger partial charge in [0.2, 0.25) is 5.95 Å². The van der Waals surface area contributed by atoms with Crippen LogP contribution in [0, 0.1) is 13.8 Å². The van der Waals surface area contributed by atoms with Crippen molar-refractivity contribution in [1.82, 2.24) is 9.97 Å². The summed E-state index contributed by atoms with van der Waals surface area (Å²) in [7, 11) is -3.33. The molecule has 1 aliphatic heterocycles. The molecule has 7 heteroatoms. The second-order valence-electron chi connectivity index (χ2n) is 7.18. The number of aromatic nitrogens is 2. The summed E-state index contributed by atoms with van der Waals surface area (Å²) in [6, 6.07) is 13.3. The summed E-state index contributed by atoms with van der Waals surface area (Å²) in [6.45, 7) is 5.21. The zero-order valence-corrected chi connectivity index (χ0v) is 17.6. The molecule has 3 aromatic rings. The van der Waals surface area contributed by atoms with E-state index < -0.39 is 9.84 Å². The summed E-state index contributed by atoms with van der Waals surface area (Å²) in [6.07, 6.45) is 1.18. The molecule has 2 aromatic heterocycles. The molecule has 0 aliphatic carbocycles. The van der Waals surface area contributed by atoms with Crippen molar-refractivity contribution in [2.75, 3.05) is 18.0 Å². The molecule has 4 rings (SSSR count). The van der Waals surface area contributed by atoms with Gasteiger partial charge in [-0.25, -0.2) is 18.4 Å². The Bertz CT molecular complexity index is 1030. The molecule has 5 nitrogen and oxygen atoms in total. The molecule has 3 heterocycles. The number of rotatable bonds is 4. The predicted molar refractivity (Wildman–Crippen MR) is 114 cm³/mol. The van der Waals surface area contributed by atoms with E-state index in [1.807, 2.05) is 49.6 Å². The van der Waals surface area contributed by atoms with Crippen molar-refractivity contribution in [2.45, 2.75) is 36.8 Å². The molecular formula is C21H23N3O2S2. The lowest BCUT2D eigenvalue weighted by molar-refractivity contribution is 0.525. The fraction of sp³-hybridized carbons (Fsp3) is 0.333. The highest BCUT2D eigenvalue weighted by atomic mass is 32.2. The van der Waals surface area contributed by atoms with Crippen molar-refractivity contribution in [3.8, 4) is 10.4 Å². The van der Waals surface area contributed by atoms with E-state index in [0.29, 0.717) is 36.8 Å². The second-order valence-corrected chi connectivity index (χ2v) is 10.4. The van der Waals surface area contributed by atoms with E-state index in [0.717, 1.165) is 21.8 Å². The van der Waals surface area contributed by atoms with E-state index in [4.69, 9.17) is 0 Å². The Labute approximate surface area is 170 Å². The lowest BCUT2D eigenvalue weighted by Crippen LogP contribution is -2.40. The third-order valence-electron chi connectivity index (χ3n) is 5.12. The molecule has 1 saturated heterocycles. The Kier molecular flexibility index (Phi) is 5.21. The largest absolute Gasteiger partial charge is 0.341 e. The van der Waals surface area contributed by atoms with E-state index in [1.54, 1.807) is 23.5 Å². The minimum Gasteiger partial charge on any atom is -0.341 e. The monoisotopic (exact) mass is 413 g/mol. The minimum absolute atomic E-state index is 0.359. The summed E-state index contributed by atoms with van der Waals surface area (Å²) >= 11 is 1.65. The summed E-state index contributed by atoms with van der Waals surface area (Å²) in [5, 5.41) is 1.66. The molecule has 28 heavy (non-hydrogen) atoms. The molecule has 0 radical (unpaired) electrons. The maximum atomic E-state index is 13.1. The highest BCUT2D eigenvalue weighted by Gasteiger charge is 2.32. The van der Waals surface area contributed by atoms with Crippen molar-refractivity contribution in [1.29, 1.82) is 0 Å². The van der Waals surface area contributed by atoms with Crippen LogP contribution in [0.2, 0.25) is 0 Å². The second kappa shape index (κ2) is 7.64. The summed E-state index contributed by atoms with van der Waals surface area (Å²) in [5.74, 6) is 0.702. The van der Waals surface area contributed by atoms with Gasteiger partial charge in [-0.05, 0) is 61.9 Å². The Hall–Kier alpha value is -2.25. The van der Waals surface area contributed by atoms with E-state index in [-0.39, 0.29) is 5.25 Å². The Morgan fingerprint density at radius 2 is 1.64 bits per heavy atom. The molecule has 0 spiro atoms. The Morgan fingerprint density at radius 3 is 2.21 bits per heavy atom. The number of sulfone groups is 1. The van der Waals surface area contributed by atoms with Crippen LogP contribution in [0.1, 0.15) is 24.2 Å². The van der Waals surface area contributed by atoms with Gasteiger partial charge in [0.1, 0.15) is 0 Å². The number of benzene rings is 1. The molecule has 0 saturated carbocycles. The lowest BCUT2D eigenvalue weighted by atomic mass is 10.1. The molecule has 1 aliphatic rings. The van der Waals surface area contributed by atoms with Crippen LogP contribution >= 0.6 is 11.3 Å². The maximum absolute atomic E-state index is 13.1. The van der Waals surface area contributed by atoms with E-state index in [2.05, 4.69) is 14.9 Å². The average Bonchev–Trinajstić information content (AvgIpc) is 3.22. The maximum Gasteiger partial charge on any atom is 0.225 e. The van der Waals surface area contributed by atoms with Crippen LogP contribution in [0.25, 0.3) is 10.4 Å². The standard InChI is InChI=1S/C21H23N3O2S2/c1-15-14-16(2)23-21(22-15)24-11-9-19(10-12-24)28(25,26)18-7-5-17(6-8-18)20-4-3-13-27-20/h3-8,13-14,19H,9-12H2,1-2H3. The zero-order valence-electron chi connectivity index (χ0n) is 16.0. The molecule has 0 unspecified atom stereocenters. The van der Waals surface area contributed by atoms with Gasteiger partial charge in [-0.15, -0.1) is 11.3 Å². The third-order valence-corrected chi connectivity index (χ3v) is 8.32. The zero-order chi connectivity index (χ0) is 19.7. The molecular weight excluding hydrogens is 390 g/mol. The van der Waals surface area contributed by atoms with Gasteiger partial charge in [0.25, 0.3) is 0 Å². The molecule has 1 aromatic carbocycles. The topological polar surface area (TPSA) is 63.2 Å². The summed E-state index contributed by atoms with van der Waals surface area (Å²) < 4.78 is 26.2. The van der Waals surface area contributed by atoms with E-state index in [1.165, 1.54) is 0 Å². The van der Waals surface area contributed by atoms with Crippen molar-refractivity contribution in [3.05, 3.63) is 59.2 Å². The first-order valence-electron chi connectivity index (χ1n) is 9.38. The SMILES string of the molecule is Cc1cc(C)nc(N2CCC(S(=O)(=O)c3ccc(-c4cccs4)cc3)CC2)n1. The first kappa shape index (κ1) is 19.1. The molecule has 0 bridgehead atoms. The average molecular weight is 414 g/mol. The highest BCUT2D eigenvalue weighted by molar-refractivity contribution is 7.92. The van der Waals surface area contributed by atoms with Gasteiger partial charge in [0.15, 0.2) is 9.84 Å². The van der Waals surface area contributed by atoms with Crippen molar-refractivity contribution in [3.63, 3.8) is 0 Å².